The first-order chi connectivity index (χ1) is 16.7. The van der Waals surface area contributed by atoms with Crippen LogP contribution in [0.1, 0.15) is 45.2 Å². The van der Waals surface area contributed by atoms with Gasteiger partial charge in [-0.2, -0.15) is 5.10 Å². The zero-order valence-electron chi connectivity index (χ0n) is 20.1. The molecule has 0 aliphatic carbocycles. The predicted molar refractivity (Wildman–Crippen MR) is 137 cm³/mol. The van der Waals surface area contributed by atoms with Crippen molar-refractivity contribution in [2.24, 2.45) is 0 Å². The van der Waals surface area contributed by atoms with E-state index >= 15 is 0 Å². The van der Waals surface area contributed by atoms with E-state index in [-0.39, 0.29) is 23.5 Å². The molecule has 1 amide bonds. The Morgan fingerprint density at radius 2 is 1.69 bits per heavy atom. The second kappa shape index (κ2) is 8.92. The van der Waals surface area contributed by atoms with Gasteiger partial charge in [0, 0.05) is 12.1 Å². The summed E-state index contributed by atoms with van der Waals surface area (Å²) in [5.74, 6) is -0.0400. The molecule has 2 aromatic heterocycles. The molecule has 1 N–H and O–H groups in total. The van der Waals surface area contributed by atoms with Gasteiger partial charge in [-0.25, -0.2) is 18.1 Å². The topological polar surface area (TPSA) is 93.9 Å². The SMILES string of the molecule is Cc1ccc(CNC(=O)c2cc(-c3ccc(C)cc3)nc3c2c(C)nn3[C@@H]2CCS(=O)(=O)C2)cc1. The Bertz CT molecular complexity index is 1520. The lowest BCUT2D eigenvalue weighted by atomic mass is 10.0. The van der Waals surface area contributed by atoms with E-state index in [2.05, 4.69) is 10.4 Å². The average Bonchev–Trinajstić information content (AvgIpc) is 3.37. The molecule has 180 valence electrons. The third-order valence-corrected chi connectivity index (χ3v) is 8.31. The van der Waals surface area contributed by atoms with Crippen molar-refractivity contribution in [2.75, 3.05) is 11.5 Å². The van der Waals surface area contributed by atoms with Crippen molar-refractivity contribution in [3.8, 4) is 11.3 Å². The molecule has 1 aliphatic heterocycles. The molecule has 8 heteroatoms. The second-order valence-corrected chi connectivity index (χ2v) is 11.6. The number of hydrogen-bond acceptors (Lipinski definition) is 5. The van der Waals surface area contributed by atoms with Gasteiger partial charge in [0.1, 0.15) is 0 Å². The molecule has 4 aromatic rings. The molecule has 5 rings (SSSR count). The molecule has 0 radical (unpaired) electrons. The maximum atomic E-state index is 13.5. The van der Waals surface area contributed by atoms with Gasteiger partial charge in [0.05, 0.1) is 39.9 Å². The van der Waals surface area contributed by atoms with Gasteiger partial charge in [0.15, 0.2) is 15.5 Å². The first kappa shape index (κ1) is 23.2. The second-order valence-electron chi connectivity index (χ2n) is 9.37. The number of rotatable bonds is 5. The Morgan fingerprint density at radius 3 is 2.31 bits per heavy atom. The van der Waals surface area contributed by atoms with Crippen LogP contribution in [0.25, 0.3) is 22.3 Å². The molecular formula is C27H28N4O3S. The number of hydrogen-bond donors (Lipinski definition) is 1. The molecule has 1 aliphatic rings. The van der Waals surface area contributed by atoms with Crippen LogP contribution >= 0.6 is 0 Å². The standard InChI is InChI=1S/C27H28N4O3S/c1-17-4-8-20(9-5-17)15-28-27(32)23-14-24(21-10-6-18(2)7-11-21)29-26-25(23)19(3)30-31(26)22-12-13-35(33,34)16-22/h4-11,14,22H,12-13,15-16H2,1-3H3,(H,28,32)/t22-/m1/s1. The third kappa shape index (κ3) is 4.71. The lowest BCUT2D eigenvalue weighted by molar-refractivity contribution is 0.0952. The summed E-state index contributed by atoms with van der Waals surface area (Å²) in [5, 5.41) is 8.36. The number of carbonyl (C=O) groups is 1. The van der Waals surface area contributed by atoms with Crippen molar-refractivity contribution < 1.29 is 13.2 Å². The minimum atomic E-state index is -3.11. The zero-order chi connectivity index (χ0) is 24.7. The molecule has 0 unspecified atom stereocenters. The van der Waals surface area contributed by atoms with E-state index < -0.39 is 9.84 Å². The van der Waals surface area contributed by atoms with Crippen LogP contribution in [0.4, 0.5) is 0 Å². The van der Waals surface area contributed by atoms with Gasteiger partial charge >= 0.3 is 0 Å². The molecule has 2 aromatic carbocycles. The zero-order valence-corrected chi connectivity index (χ0v) is 20.9. The van der Waals surface area contributed by atoms with Gasteiger partial charge in [-0.1, -0.05) is 59.7 Å². The highest BCUT2D eigenvalue weighted by Gasteiger charge is 2.32. The largest absolute Gasteiger partial charge is 0.348 e. The molecule has 0 spiro atoms. The van der Waals surface area contributed by atoms with Gasteiger partial charge in [0.25, 0.3) is 5.91 Å². The number of benzene rings is 2. The fraction of sp³-hybridized carbons (Fsp3) is 0.296. The molecular weight excluding hydrogens is 460 g/mol. The molecule has 1 atom stereocenters. The molecule has 0 saturated carbocycles. The number of nitrogens with one attached hydrogen (secondary N) is 1. The summed E-state index contributed by atoms with van der Waals surface area (Å²) in [7, 11) is -3.11. The summed E-state index contributed by atoms with van der Waals surface area (Å²) < 4.78 is 26.0. The molecule has 7 nitrogen and oxygen atoms in total. The maximum Gasteiger partial charge on any atom is 0.252 e. The number of amides is 1. The number of aryl methyl sites for hydroxylation is 3. The van der Waals surface area contributed by atoms with Crippen molar-refractivity contribution in [1.29, 1.82) is 0 Å². The van der Waals surface area contributed by atoms with E-state index in [1.165, 1.54) is 0 Å². The molecule has 1 fully saturated rings. The normalized spacial score (nSPS) is 17.1. The van der Waals surface area contributed by atoms with E-state index in [1.54, 1.807) is 4.68 Å². The number of pyridine rings is 1. The van der Waals surface area contributed by atoms with E-state index in [0.29, 0.717) is 41.0 Å². The van der Waals surface area contributed by atoms with Crippen molar-refractivity contribution in [1.82, 2.24) is 20.1 Å². The van der Waals surface area contributed by atoms with Crippen LogP contribution in [-0.4, -0.2) is 40.6 Å². The summed E-state index contributed by atoms with van der Waals surface area (Å²) in [6.07, 6.45) is 0.490. The maximum absolute atomic E-state index is 13.5. The number of carbonyl (C=O) groups excluding carboxylic acids is 1. The average molecular weight is 489 g/mol. The lowest BCUT2D eigenvalue weighted by Crippen LogP contribution is -2.23. The summed E-state index contributed by atoms with van der Waals surface area (Å²) in [6, 6.07) is 17.5. The van der Waals surface area contributed by atoms with Crippen LogP contribution in [0.2, 0.25) is 0 Å². The Morgan fingerprint density at radius 1 is 1.03 bits per heavy atom. The van der Waals surface area contributed by atoms with Crippen molar-refractivity contribution in [2.45, 2.75) is 39.8 Å². The summed E-state index contributed by atoms with van der Waals surface area (Å²) in [4.78, 5) is 18.3. The highest BCUT2D eigenvalue weighted by atomic mass is 32.2. The van der Waals surface area contributed by atoms with Gasteiger partial charge in [-0.3, -0.25) is 4.79 Å². The number of aromatic nitrogens is 3. The quantitative estimate of drug-likeness (QED) is 0.452. The third-order valence-electron chi connectivity index (χ3n) is 6.56. The van der Waals surface area contributed by atoms with Crippen LogP contribution in [0.15, 0.2) is 54.6 Å². The van der Waals surface area contributed by atoms with Crippen LogP contribution < -0.4 is 5.32 Å². The van der Waals surface area contributed by atoms with Crippen molar-refractivity contribution in [3.05, 3.63) is 82.5 Å². The summed E-state index contributed by atoms with van der Waals surface area (Å²) in [6.45, 7) is 6.28. The monoisotopic (exact) mass is 488 g/mol. The molecule has 35 heavy (non-hydrogen) atoms. The predicted octanol–water partition coefficient (Wildman–Crippen LogP) is 4.31. The molecule has 0 bridgehead atoms. The summed E-state index contributed by atoms with van der Waals surface area (Å²) >= 11 is 0. The van der Waals surface area contributed by atoms with Gasteiger partial charge < -0.3 is 5.32 Å². The van der Waals surface area contributed by atoms with Gasteiger partial charge in [-0.15, -0.1) is 0 Å². The number of sulfone groups is 1. The van der Waals surface area contributed by atoms with Crippen LogP contribution in [0, 0.1) is 20.8 Å². The van der Waals surface area contributed by atoms with E-state index in [9.17, 15) is 13.2 Å². The molecule has 3 heterocycles. The van der Waals surface area contributed by atoms with Crippen LogP contribution in [0.3, 0.4) is 0 Å². The van der Waals surface area contributed by atoms with E-state index in [4.69, 9.17) is 4.98 Å². The fourth-order valence-electron chi connectivity index (χ4n) is 4.57. The Hall–Kier alpha value is -3.52. The first-order valence-corrected chi connectivity index (χ1v) is 13.5. The molecule has 1 saturated heterocycles. The lowest BCUT2D eigenvalue weighted by Gasteiger charge is -2.13. The minimum absolute atomic E-state index is 0.0363. The van der Waals surface area contributed by atoms with Gasteiger partial charge in [0.2, 0.25) is 0 Å². The van der Waals surface area contributed by atoms with Crippen molar-refractivity contribution in [3.63, 3.8) is 0 Å². The Kier molecular flexibility index (Phi) is 5.92. The highest BCUT2D eigenvalue weighted by Crippen LogP contribution is 2.32. The Labute approximate surface area is 205 Å². The Balaban J connectivity index is 1.60. The first-order valence-electron chi connectivity index (χ1n) is 11.7. The van der Waals surface area contributed by atoms with E-state index in [1.807, 2.05) is 75.4 Å². The minimum Gasteiger partial charge on any atom is -0.348 e. The van der Waals surface area contributed by atoms with Crippen LogP contribution in [-0.2, 0) is 16.4 Å². The van der Waals surface area contributed by atoms with Crippen LogP contribution in [0.5, 0.6) is 0 Å². The number of nitrogens with zero attached hydrogens (tertiary/aromatic N) is 3. The fourth-order valence-corrected chi connectivity index (χ4v) is 6.26. The highest BCUT2D eigenvalue weighted by molar-refractivity contribution is 7.91. The smallest absolute Gasteiger partial charge is 0.252 e. The van der Waals surface area contributed by atoms with Crippen molar-refractivity contribution >= 4 is 26.8 Å². The summed E-state index contributed by atoms with van der Waals surface area (Å²) in [5.41, 5.74) is 6.53. The number of fused-ring (bicyclic) bond motifs is 1. The van der Waals surface area contributed by atoms with Gasteiger partial charge in [-0.05, 0) is 38.8 Å². The van der Waals surface area contributed by atoms with E-state index in [0.717, 1.165) is 22.3 Å².